The van der Waals surface area contributed by atoms with E-state index in [1.54, 1.807) is 0 Å². The van der Waals surface area contributed by atoms with Gasteiger partial charge in [0.2, 0.25) is 0 Å². The van der Waals surface area contributed by atoms with Crippen LogP contribution in [0.1, 0.15) is 30.5 Å². The lowest BCUT2D eigenvalue weighted by Crippen LogP contribution is -1.92. The van der Waals surface area contributed by atoms with Gasteiger partial charge in [0.1, 0.15) is 0 Å². The molecule has 0 unspecified atom stereocenters. The number of hydrogen-bond acceptors (Lipinski definition) is 2. The zero-order valence-corrected chi connectivity index (χ0v) is 9.91. The second-order valence-electron chi connectivity index (χ2n) is 4.36. The van der Waals surface area contributed by atoms with Gasteiger partial charge in [0.15, 0.2) is 0 Å². The lowest BCUT2D eigenvalue weighted by atomic mass is 10.1. The van der Waals surface area contributed by atoms with Gasteiger partial charge < -0.3 is 4.74 Å². The van der Waals surface area contributed by atoms with Gasteiger partial charge in [0, 0.05) is 24.9 Å². The van der Waals surface area contributed by atoms with Crippen LogP contribution in [-0.2, 0) is 11.2 Å². The number of pyridine rings is 1. The summed E-state index contributed by atoms with van der Waals surface area (Å²) in [5.41, 5.74) is 3.91. The lowest BCUT2D eigenvalue weighted by Gasteiger charge is -2.02. The Morgan fingerprint density at radius 3 is 3.06 bits per heavy atom. The molecule has 2 rings (SSSR count). The van der Waals surface area contributed by atoms with E-state index < -0.39 is 0 Å². The van der Waals surface area contributed by atoms with E-state index in [1.807, 2.05) is 6.20 Å². The molecule has 0 N–H and O–H groups in total. The predicted molar refractivity (Wildman–Crippen MR) is 65.4 cm³/mol. The highest BCUT2D eigenvalue weighted by Crippen LogP contribution is 2.15. The Morgan fingerprint density at radius 1 is 1.31 bits per heavy atom. The maximum Gasteiger partial charge on any atom is 0.0503 e. The normalized spacial score (nSPS) is 19.7. The molecule has 1 fully saturated rings. The predicted octanol–water partition coefficient (Wildman–Crippen LogP) is 3.06. The largest absolute Gasteiger partial charge is 0.381 e. The van der Waals surface area contributed by atoms with Gasteiger partial charge in [-0.1, -0.05) is 17.7 Å². The van der Waals surface area contributed by atoms with Crippen LogP contribution in [0.2, 0.25) is 0 Å². The van der Waals surface area contributed by atoms with Crippen molar-refractivity contribution in [1.82, 2.24) is 4.98 Å². The average Bonchev–Trinajstić information content (AvgIpc) is 2.57. The van der Waals surface area contributed by atoms with E-state index in [1.165, 1.54) is 17.6 Å². The molecule has 0 aromatic carbocycles. The van der Waals surface area contributed by atoms with Crippen LogP contribution in [0.5, 0.6) is 0 Å². The number of hydrogen-bond donors (Lipinski definition) is 0. The minimum Gasteiger partial charge on any atom is -0.381 e. The number of aromatic nitrogens is 1. The molecule has 2 heterocycles. The van der Waals surface area contributed by atoms with Crippen LogP contribution in [0.3, 0.4) is 0 Å². The molecular weight excluding hydrogens is 198 g/mol. The van der Waals surface area contributed by atoms with Crippen molar-refractivity contribution in [2.75, 3.05) is 13.2 Å². The topological polar surface area (TPSA) is 22.1 Å². The standard InChI is InChI=1S/C14H19NO/c1-12-4-6-14(15-11-12)7-5-13-3-2-9-16-10-8-13/h4-6,11H,2-3,7-10H2,1H3/b13-5-. The third kappa shape index (κ3) is 3.46. The Morgan fingerprint density at radius 2 is 2.25 bits per heavy atom. The molecule has 1 aliphatic rings. The van der Waals surface area contributed by atoms with E-state index in [0.29, 0.717) is 0 Å². The minimum atomic E-state index is 0.882. The fourth-order valence-corrected chi connectivity index (χ4v) is 1.90. The number of allylic oxidation sites excluding steroid dienone is 1. The fourth-order valence-electron chi connectivity index (χ4n) is 1.90. The van der Waals surface area contributed by atoms with Crippen molar-refractivity contribution in [1.29, 1.82) is 0 Å². The molecule has 0 amide bonds. The third-order valence-corrected chi connectivity index (χ3v) is 2.93. The van der Waals surface area contributed by atoms with Crippen LogP contribution < -0.4 is 0 Å². The van der Waals surface area contributed by atoms with Crippen molar-refractivity contribution in [3.8, 4) is 0 Å². The highest BCUT2D eigenvalue weighted by Gasteiger charge is 2.03. The van der Waals surface area contributed by atoms with Crippen molar-refractivity contribution < 1.29 is 4.74 Å². The minimum absolute atomic E-state index is 0.882. The van der Waals surface area contributed by atoms with Gasteiger partial charge in [-0.05, 0) is 37.8 Å². The van der Waals surface area contributed by atoms with Crippen molar-refractivity contribution in [2.24, 2.45) is 0 Å². The van der Waals surface area contributed by atoms with E-state index in [2.05, 4.69) is 30.1 Å². The van der Waals surface area contributed by atoms with Crippen molar-refractivity contribution in [2.45, 2.75) is 32.6 Å². The maximum absolute atomic E-state index is 5.44. The second kappa shape index (κ2) is 5.80. The number of nitrogens with zero attached hydrogens (tertiary/aromatic N) is 1. The summed E-state index contributed by atoms with van der Waals surface area (Å²) in [7, 11) is 0. The highest BCUT2D eigenvalue weighted by molar-refractivity contribution is 5.16. The summed E-state index contributed by atoms with van der Waals surface area (Å²) >= 11 is 0. The van der Waals surface area contributed by atoms with Gasteiger partial charge in [0.25, 0.3) is 0 Å². The van der Waals surface area contributed by atoms with E-state index in [9.17, 15) is 0 Å². The summed E-state index contributed by atoms with van der Waals surface area (Å²) in [6, 6.07) is 4.23. The molecule has 0 radical (unpaired) electrons. The van der Waals surface area contributed by atoms with Crippen LogP contribution >= 0.6 is 0 Å². The number of rotatable bonds is 2. The monoisotopic (exact) mass is 217 g/mol. The number of ether oxygens (including phenoxy) is 1. The molecule has 0 atom stereocenters. The first kappa shape index (κ1) is 11.3. The van der Waals surface area contributed by atoms with Gasteiger partial charge in [-0.25, -0.2) is 0 Å². The lowest BCUT2D eigenvalue weighted by molar-refractivity contribution is 0.146. The molecule has 1 aliphatic heterocycles. The molecule has 1 saturated heterocycles. The summed E-state index contributed by atoms with van der Waals surface area (Å²) in [6.45, 7) is 3.87. The molecule has 0 aliphatic carbocycles. The molecule has 1 aromatic rings. The SMILES string of the molecule is Cc1ccc(C/C=C2/CCCOCC2)nc1. The van der Waals surface area contributed by atoms with Gasteiger partial charge in [-0.3, -0.25) is 4.98 Å². The fraction of sp³-hybridized carbons (Fsp3) is 0.500. The molecule has 16 heavy (non-hydrogen) atoms. The van der Waals surface area contributed by atoms with Crippen LogP contribution in [0.15, 0.2) is 30.0 Å². The molecule has 0 saturated carbocycles. The van der Waals surface area contributed by atoms with E-state index in [0.717, 1.165) is 38.2 Å². The molecule has 2 nitrogen and oxygen atoms in total. The Bertz CT molecular complexity index is 344. The maximum atomic E-state index is 5.44. The zero-order valence-electron chi connectivity index (χ0n) is 9.91. The molecule has 86 valence electrons. The molecule has 0 bridgehead atoms. The molecular formula is C14H19NO. The van der Waals surface area contributed by atoms with E-state index in [4.69, 9.17) is 4.74 Å². The Labute approximate surface area is 97.4 Å². The van der Waals surface area contributed by atoms with Crippen LogP contribution in [0.25, 0.3) is 0 Å². The highest BCUT2D eigenvalue weighted by atomic mass is 16.5. The molecule has 0 spiro atoms. The first-order valence-corrected chi connectivity index (χ1v) is 6.02. The van der Waals surface area contributed by atoms with Gasteiger partial charge in [-0.15, -0.1) is 0 Å². The smallest absolute Gasteiger partial charge is 0.0503 e. The Balaban J connectivity index is 1.93. The molecule has 2 heteroatoms. The summed E-state index contributed by atoms with van der Waals surface area (Å²) in [6.07, 6.45) is 8.65. The summed E-state index contributed by atoms with van der Waals surface area (Å²) < 4.78 is 5.44. The third-order valence-electron chi connectivity index (χ3n) is 2.93. The van der Waals surface area contributed by atoms with Gasteiger partial charge >= 0.3 is 0 Å². The summed E-state index contributed by atoms with van der Waals surface area (Å²) in [5, 5.41) is 0. The van der Waals surface area contributed by atoms with Crippen LogP contribution in [0, 0.1) is 6.92 Å². The Kier molecular flexibility index (Phi) is 4.11. The van der Waals surface area contributed by atoms with Crippen LogP contribution in [0.4, 0.5) is 0 Å². The van der Waals surface area contributed by atoms with Crippen molar-refractivity contribution in [3.63, 3.8) is 0 Å². The number of aryl methyl sites for hydroxylation is 1. The second-order valence-corrected chi connectivity index (χ2v) is 4.36. The van der Waals surface area contributed by atoms with Gasteiger partial charge in [-0.2, -0.15) is 0 Å². The first-order chi connectivity index (χ1) is 7.84. The van der Waals surface area contributed by atoms with E-state index in [-0.39, 0.29) is 0 Å². The average molecular weight is 217 g/mol. The zero-order chi connectivity index (χ0) is 11.2. The molecule has 1 aromatic heterocycles. The van der Waals surface area contributed by atoms with Crippen LogP contribution in [-0.4, -0.2) is 18.2 Å². The van der Waals surface area contributed by atoms with Crippen molar-refractivity contribution >= 4 is 0 Å². The first-order valence-electron chi connectivity index (χ1n) is 6.02. The van der Waals surface area contributed by atoms with Gasteiger partial charge in [0.05, 0.1) is 6.61 Å². The summed E-state index contributed by atoms with van der Waals surface area (Å²) in [5.74, 6) is 0. The summed E-state index contributed by atoms with van der Waals surface area (Å²) in [4.78, 5) is 4.41. The van der Waals surface area contributed by atoms with Crippen molar-refractivity contribution in [3.05, 3.63) is 41.2 Å². The Hall–Kier alpha value is -1.15. The quantitative estimate of drug-likeness (QED) is 0.710. The van der Waals surface area contributed by atoms with E-state index >= 15 is 0 Å².